The summed E-state index contributed by atoms with van der Waals surface area (Å²) in [6, 6.07) is 3.81. The molecule has 0 bridgehead atoms. The lowest BCUT2D eigenvalue weighted by Crippen LogP contribution is -2.44. The number of nitrogens with zero attached hydrogens (tertiary/aromatic N) is 1. The summed E-state index contributed by atoms with van der Waals surface area (Å²) in [5, 5.41) is 2.73. The number of piperidine rings is 1. The maximum atomic E-state index is 13.4. The fraction of sp³-hybridized carbons (Fsp3) is 0.444. The first-order valence-electron chi connectivity index (χ1n) is 8.13. The van der Waals surface area contributed by atoms with E-state index in [-0.39, 0.29) is 37.3 Å². The average Bonchev–Trinajstić information content (AvgIpc) is 2.62. The highest BCUT2D eigenvalue weighted by Crippen LogP contribution is 2.27. The number of halogens is 1. The van der Waals surface area contributed by atoms with E-state index in [1.54, 1.807) is 6.92 Å². The van der Waals surface area contributed by atoms with Gasteiger partial charge in [-0.3, -0.25) is 4.79 Å². The maximum absolute atomic E-state index is 13.4. The third-order valence-electron chi connectivity index (χ3n) is 3.83. The monoisotopic (exact) mass is 348 g/mol. The van der Waals surface area contributed by atoms with Crippen LogP contribution >= 0.6 is 0 Å². The number of hydrogen-bond acceptors (Lipinski definition) is 4. The number of ether oxygens (including phenoxy) is 2. The van der Waals surface area contributed by atoms with Crippen LogP contribution in [0.15, 0.2) is 18.2 Å². The minimum absolute atomic E-state index is 0.0353. The van der Waals surface area contributed by atoms with Gasteiger partial charge in [-0.05, 0) is 31.9 Å². The molecule has 1 aromatic rings. The van der Waals surface area contributed by atoms with E-state index in [0.717, 1.165) is 0 Å². The van der Waals surface area contributed by atoms with Crippen molar-refractivity contribution in [1.29, 1.82) is 0 Å². The smallest absolute Gasteiger partial charge is 0.409 e. The Hall–Kier alpha value is -2.75. The van der Waals surface area contributed by atoms with Gasteiger partial charge in [0.25, 0.3) is 0 Å². The quantitative estimate of drug-likeness (QED) is 0.831. The van der Waals surface area contributed by atoms with Crippen LogP contribution in [-0.2, 0) is 9.53 Å². The molecule has 1 atom stereocenters. The SMILES string of the molecule is C#CCOc1cc(F)ccc1NC(=O)C1CCCN(C(=O)OCC)C1. The first kappa shape index (κ1) is 18.6. The molecule has 1 N–H and O–H groups in total. The van der Waals surface area contributed by atoms with Crippen LogP contribution in [0.3, 0.4) is 0 Å². The van der Waals surface area contributed by atoms with Gasteiger partial charge in [0, 0.05) is 19.2 Å². The van der Waals surface area contributed by atoms with Gasteiger partial charge in [-0.25, -0.2) is 9.18 Å². The van der Waals surface area contributed by atoms with E-state index in [2.05, 4.69) is 11.2 Å². The summed E-state index contributed by atoms with van der Waals surface area (Å²) in [6.45, 7) is 2.84. The fourth-order valence-corrected chi connectivity index (χ4v) is 2.64. The molecule has 134 valence electrons. The van der Waals surface area contributed by atoms with Crippen LogP contribution in [0.2, 0.25) is 0 Å². The van der Waals surface area contributed by atoms with Crippen molar-refractivity contribution in [3.05, 3.63) is 24.0 Å². The molecule has 6 nitrogen and oxygen atoms in total. The number of amides is 2. The molecule has 1 aliphatic rings. The van der Waals surface area contributed by atoms with Crippen molar-refractivity contribution in [3.8, 4) is 18.1 Å². The average molecular weight is 348 g/mol. The van der Waals surface area contributed by atoms with Crippen molar-refractivity contribution in [3.63, 3.8) is 0 Å². The molecule has 25 heavy (non-hydrogen) atoms. The molecule has 2 amide bonds. The van der Waals surface area contributed by atoms with Crippen molar-refractivity contribution in [2.24, 2.45) is 5.92 Å². The van der Waals surface area contributed by atoms with Gasteiger partial charge >= 0.3 is 6.09 Å². The fourth-order valence-electron chi connectivity index (χ4n) is 2.64. The molecular weight excluding hydrogens is 327 g/mol. The minimum Gasteiger partial charge on any atom is -0.479 e. The van der Waals surface area contributed by atoms with Crippen LogP contribution in [0.25, 0.3) is 0 Å². The molecule has 0 saturated carbocycles. The van der Waals surface area contributed by atoms with Gasteiger partial charge in [-0.1, -0.05) is 5.92 Å². The number of likely N-dealkylation sites (tertiary alicyclic amines) is 1. The Balaban J connectivity index is 2.04. The zero-order valence-electron chi connectivity index (χ0n) is 14.1. The largest absolute Gasteiger partial charge is 0.479 e. The standard InChI is InChI=1S/C18H21FN2O4/c1-3-10-25-16-11-14(19)7-8-15(16)20-17(22)13-6-5-9-21(12-13)18(23)24-4-2/h1,7-8,11,13H,4-6,9-10,12H2,2H3,(H,20,22). The molecule has 1 fully saturated rings. The van der Waals surface area contributed by atoms with E-state index in [1.807, 2.05) is 0 Å². The number of carbonyl (C=O) groups excluding carboxylic acids is 2. The van der Waals surface area contributed by atoms with Crippen molar-refractivity contribution in [2.75, 3.05) is 31.6 Å². The summed E-state index contributed by atoms with van der Waals surface area (Å²) in [5.41, 5.74) is 0.343. The van der Waals surface area contributed by atoms with E-state index in [9.17, 15) is 14.0 Å². The van der Waals surface area contributed by atoms with E-state index in [1.165, 1.54) is 23.1 Å². The van der Waals surface area contributed by atoms with Gasteiger partial charge in [0.1, 0.15) is 18.2 Å². The molecule has 0 radical (unpaired) electrons. The molecule has 1 aliphatic heterocycles. The molecule has 2 rings (SSSR count). The Bertz CT molecular complexity index is 672. The summed E-state index contributed by atoms with van der Waals surface area (Å²) in [6.07, 6.45) is 6.09. The zero-order valence-corrected chi connectivity index (χ0v) is 14.1. The first-order chi connectivity index (χ1) is 12.0. The Labute approximate surface area is 146 Å². The van der Waals surface area contributed by atoms with Crippen LogP contribution < -0.4 is 10.1 Å². The maximum Gasteiger partial charge on any atom is 0.409 e. The van der Waals surface area contributed by atoms with E-state index >= 15 is 0 Å². The van der Waals surface area contributed by atoms with Crippen molar-refractivity contribution in [2.45, 2.75) is 19.8 Å². The van der Waals surface area contributed by atoms with Crippen LogP contribution in [0.4, 0.5) is 14.9 Å². The predicted molar refractivity (Wildman–Crippen MR) is 90.7 cm³/mol. The lowest BCUT2D eigenvalue weighted by molar-refractivity contribution is -0.121. The van der Waals surface area contributed by atoms with Crippen LogP contribution in [-0.4, -0.2) is 43.2 Å². The topological polar surface area (TPSA) is 67.9 Å². The third-order valence-corrected chi connectivity index (χ3v) is 3.83. The number of hydrogen-bond donors (Lipinski definition) is 1. The molecule has 0 aromatic heterocycles. The van der Waals surface area contributed by atoms with Gasteiger partial charge in [-0.2, -0.15) is 0 Å². The van der Waals surface area contributed by atoms with Crippen LogP contribution in [0, 0.1) is 24.1 Å². The van der Waals surface area contributed by atoms with Crippen molar-refractivity contribution >= 4 is 17.7 Å². The number of terminal acetylenes is 1. The molecular formula is C18H21FN2O4. The highest BCUT2D eigenvalue weighted by Gasteiger charge is 2.29. The van der Waals surface area contributed by atoms with Gasteiger partial charge in [0.2, 0.25) is 5.91 Å². The molecule has 1 heterocycles. The minimum atomic E-state index is -0.490. The second-order valence-corrected chi connectivity index (χ2v) is 5.61. The normalized spacial score (nSPS) is 16.7. The number of benzene rings is 1. The number of anilines is 1. The molecule has 1 aromatic carbocycles. The summed E-state index contributed by atoms with van der Waals surface area (Å²) in [7, 11) is 0. The first-order valence-corrected chi connectivity index (χ1v) is 8.13. The van der Waals surface area contributed by atoms with Crippen LogP contribution in [0.5, 0.6) is 5.75 Å². The van der Waals surface area contributed by atoms with E-state index < -0.39 is 11.9 Å². The summed E-state index contributed by atoms with van der Waals surface area (Å²) in [4.78, 5) is 25.9. The number of carbonyl (C=O) groups is 2. The van der Waals surface area contributed by atoms with E-state index in [4.69, 9.17) is 15.9 Å². The van der Waals surface area contributed by atoms with Crippen molar-refractivity contribution in [1.82, 2.24) is 4.90 Å². The van der Waals surface area contributed by atoms with Gasteiger partial charge in [-0.15, -0.1) is 6.42 Å². The Morgan fingerprint density at radius 1 is 1.48 bits per heavy atom. The number of nitrogens with one attached hydrogen (secondary N) is 1. The molecule has 0 spiro atoms. The molecule has 0 aliphatic carbocycles. The van der Waals surface area contributed by atoms with E-state index in [0.29, 0.717) is 25.1 Å². The third kappa shape index (κ3) is 5.11. The summed E-state index contributed by atoms with van der Waals surface area (Å²) >= 11 is 0. The summed E-state index contributed by atoms with van der Waals surface area (Å²) in [5.74, 6) is 1.35. The van der Waals surface area contributed by atoms with Gasteiger partial charge in [0.05, 0.1) is 18.2 Å². The second kappa shape index (κ2) is 8.92. The Morgan fingerprint density at radius 3 is 3.00 bits per heavy atom. The molecule has 1 unspecified atom stereocenters. The highest BCUT2D eigenvalue weighted by atomic mass is 19.1. The van der Waals surface area contributed by atoms with Crippen LogP contribution in [0.1, 0.15) is 19.8 Å². The predicted octanol–water partition coefficient (Wildman–Crippen LogP) is 2.64. The lowest BCUT2D eigenvalue weighted by Gasteiger charge is -2.31. The highest BCUT2D eigenvalue weighted by molar-refractivity contribution is 5.94. The second-order valence-electron chi connectivity index (χ2n) is 5.61. The Kier molecular flexibility index (Phi) is 6.63. The summed E-state index contributed by atoms with van der Waals surface area (Å²) < 4.78 is 23.6. The van der Waals surface area contributed by atoms with Gasteiger partial charge in [0.15, 0.2) is 0 Å². The number of rotatable bonds is 5. The zero-order chi connectivity index (χ0) is 18.2. The Morgan fingerprint density at radius 2 is 2.28 bits per heavy atom. The molecule has 7 heteroatoms. The van der Waals surface area contributed by atoms with Crippen molar-refractivity contribution < 1.29 is 23.5 Å². The van der Waals surface area contributed by atoms with Gasteiger partial charge < -0.3 is 19.7 Å². The molecule has 1 saturated heterocycles. The lowest BCUT2D eigenvalue weighted by atomic mass is 9.97.